The molecule has 0 saturated heterocycles. The molecule has 148 valence electrons. The molecule has 0 unspecified atom stereocenters. The number of rotatable bonds is 5. The highest BCUT2D eigenvalue weighted by molar-refractivity contribution is 5.66. The van der Waals surface area contributed by atoms with E-state index >= 15 is 0 Å². The van der Waals surface area contributed by atoms with Gasteiger partial charge in [0.05, 0.1) is 7.11 Å². The first-order valence-corrected chi connectivity index (χ1v) is 8.82. The first kappa shape index (κ1) is 24.3. The van der Waals surface area contributed by atoms with Crippen LogP contribution in [0.25, 0.3) is 0 Å². The van der Waals surface area contributed by atoms with Gasteiger partial charge in [-0.1, -0.05) is 37.3 Å². The summed E-state index contributed by atoms with van der Waals surface area (Å²) in [6, 6.07) is 5.01. The van der Waals surface area contributed by atoms with Crippen molar-refractivity contribution in [1.29, 1.82) is 0 Å². The summed E-state index contributed by atoms with van der Waals surface area (Å²) in [6.45, 7) is 6.82. The molecule has 0 heterocycles. The minimum atomic E-state index is -0.745. The molecular formula is C22H30FNO3. The third kappa shape index (κ3) is 10.8. The van der Waals surface area contributed by atoms with Gasteiger partial charge in [0.15, 0.2) is 11.6 Å². The summed E-state index contributed by atoms with van der Waals surface area (Å²) in [6.07, 6.45) is 12.1. The average Bonchev–Trinajstić information content (AvgIpc) is 2.68. The first-order valence-electron chi connectivity index (χ1n) is 8.82. The summed E-state index contributed by atoms with van der Waals surface area (Å²) in [7, 11) is 3.13. The highest BCUT2D eigenvalue weighted by Crippen LogP contribution is 2.21. The molecule has 4 nitrogen and oxygen atoms in total. The van der Waals surface area contributed by atoms with E-state index in [-0.39, 0.29) is 12.2 Å². The van der Waals surface area contributed by atoms with Gasteiger partial charge >= 0.3 is 5.97 Å². The topological polar surface area (TPSA) is 58.9 Å². The number of aliphatic imine (C=N–C) groups is 1. The van der Waals surface area contributed by atoms with Crippen LogP contribution in [0.1, 0.15) is 38.7 Å². The maximum Gasteiger partial charge on any atom is 0.303 e. The summed E-state index contributed by atoms with van der Waals surface area (Å²) >= 11 is 0. The first-order chi connectivity index (χ1) is 12.9. The third-order valence-electron chi connectivity index (χ3n) is 3.61. The van der Waals surface area contributed by atoms with Crippen molar-refractivity contribution in [1.82, 2.24) is 0 Å². The number of ether oxygens (including phenoxy) is 1. The Kier molecular flexibility index (Phi) is 13.0. The number of carboxylic acid groups (broad SMARTS) is 1. The molecule has 1 aliphatic rings. The molecule has 0 spiro atoms. The summed E-state index contributed by atoms with van der Waals surface area (Å²) in [4.78, 5) is 12.6. The number of nitrogens with zero attached hydrogens (tertiary/aromatic N) is 1. The SMILES string of the molecule is C=NC.CCC(=O)O.COc1cc(C/C=C(\C)C2=CCCC=C2)ccc1F. The zero-order chi connectivity index (χ0) is 20.7. The van der Waals surface area contributed by atoms with Crippen LogP contribution in [0.15, 0.2) is 58.6 Å². The van der Waals surface area contributed by atoms with Crippen molar-refractivity contribution in [2.75, 3.05) is 14.2 Å². The molecule has 0 aliphatic heterocycles. The normalized spacial score (nSPS) is 12.6. The second-order valence-corrected chi connectivity index (χ2v) is 5.76. The lowest BCUT2D eigenvalue weighted by molar-refractivity contribution is -0.136. The molecule has 1 aromatic rings. The molecule has 0 aromatic heterocycles. The molecule has 0 fully saturated rings. The summed E-state index contributed by atoms with van der Waals surface area (Å²) < 4.78 is 18.3. The van der Waals surface area contributed by atoms with Crippen LogP contribution >= 0.6 is 0 Å². The molecular weight excluding hydrogens is 345 g/mol. The van der Waals surface area contributed by atoms with Crippen LogP contribution in [0.2, 0.25) is 0 Å². The van der Waals surface area contributed by atoms with E-state index in [4.69, 9.17) is 9.84 Å². The lowest BCUT2D eigenvalue weighted by Crippen LogP contribution is -1.92. The molecule has 0 bridgehead atoms. The van der Waals surface area contributed by atoms with Crippen LogP contribution in [0, 0.1) is 5.82 Å². The van der Waals surface area contributed by atoms with Crippen LogP contribution in [-0.2, 0) is 11.2 Å². The van der Waals surface area contributed by atoms with E-state index in [1.165, 1.54) is 24.3 Å². The number of aliphatic carboxylic acids is 1. The predicted molar refractivity (Wildman–Crippen MR) is 110 cm³/mol. The summed E-state index contributed by atoms with van der Waals surface area (Å²) in [5, 5.41) is 7.72. The fraction of sp³-hybridized carbons (Fsp3) is 0.364. The number of carbonyl (C=O) groups is 1. The molecule has 5 heteroatoms. The molecule has 2 rings (SSSR count). The Labute approximate surface area is 161 Å². The van der Waals surface area contributed by atoms with E-state index in [0.29, 0.717) is 5.75 Å². The minimum absolute atomic E-state index is 0.222. The molecule has 0 atom stereocenters. The van der Waals surface area contributed by atoms with Gasteiger partial charge in [-0.05, 0) is 61.7 Å². The van der Waals surface area contributed by atoms with Crippen molar-refractivity contribution in [2.45, 2.75) is 39.5 Å². The number of allylic oxidation sites excluding steroid dienone is 6. The second-order valence-electron chi connectivity index (χ2n) is 5.76. The molecule has 0 saturated carbocycles. The van der Waals surface area contributed by atoms with Crippen molar-refractivity contribution < 1.29 is 19.0 Å². The van der Waals surface area contributed by atoms with Gasteiger partial charge in [0.2, 0.25) is 0 Å². The maximum absolute atomic E-state index is 13.3. The van der Waals surface area contributed by atoms with Crippen molar-refractivity contribution >= 4 is 12.7 Å². The van der Waals surface area contributed by atoms with Gasteiger partial charge in [0, 0.05) is 13.5 Å². The Morgan fingerprint density at radius 1 is 1.41 bits per heavy atom. The molecule has 27 heavy (non-hydrogen) atoms. The second kappa shape index (κ2) is 14.5. The van der Waals surface area contributed by atoms with Gasteiger partial charge in [-0.15, -0.1) is 0 Å². The molecule has 0 radical (unpaired) electrons. The van der Waals surface area contributed by atoms with Crippen LogP contribution < -0.4 is 4.74 Å². The Balaban J connectivity index is 0.000000719. The quantitative estimate of drug-likeness (QED) is 0.701. The van der Waals surface area contributed by atoms with Crippen molar-refractivity contribution in [3.63, 3.8) is 0 Å². The zero-order valence-electron chi connectivity index (χ0n) is 16.7. The van der Waals surface area contributed by atoms with Gasteiger partial charge in [0.1, 0.15) is 0 Å². The Bertz CT molecular complexity index is 691. The largest absolute Gasteiger partial charge is 0.494 e. The number of hydrogen-bond donors (Lipinski definition) is 1. The minimum Gasteiger partial charge on any atom is -0.494 e. The number of hydrogen-bond acceptors (Lipinski definition) is 3. The molecule has 1 aromatic carbocycles. The number of methoxy groups -OCH3 is 1. The van der Waals surface area contributed by atoms with Crippen LogP contribution in [-0.4, -0.2) is 32.0 Å². The monoisotopic (exact) mass is 375 g/mol. The van der Waals surface area contributed by atoms with E-state index < -0.39 is 5.97 Å². The summed E-state index contributed by atoms with van der Waals surface area (Å²) in [5.74, 6) is -0.754. The van der Waals surface area contributed by atoms with Crippen molar-refractivity contribution in [3.05, 3.63) is 65.0 Å². The standard InChI is InChI=1S/C17H19FO.C3H6O2.C2H5N/c1-13(15-6-4-3-5-7-15)8-9-14-10-11-16(18)17(12-14)19-2;1-2-3(4)5;1-3-2/h4,6-8,10-12H,3,5,9H2,1-2H3;2H2,1H3,(H,4,5);1H2,2H3/b13-8+;;. The van der Waals surface area contributed by atoms with Gasteiger partial charge < -0.3 is 14.8 Å². The lowest BCUT2D eigenvalue weighted by Gasteiger charge is -2.08. The summed E-state index contributed by atoms with van der Waals surface area (Å²) in [5.41, 5.74) is 3.61. The van der Waals surface area contributed by atoms with E-state index in [2.05, 4.69) is 42.9 Å². The van der Waals surface area contributed by atoms with E-state index in [1.54, 1.807) is 26.1 Å². The van der Waals surface area contributed by atoms with Gasteiger partial charge in [-0.2, -0.15) is 0 Å². The van der Waals surface area contributed by atoms with E-state index in [0.717, 1.165) is 24.8 Å². The van der Waals surface area contributed by atoms with Gasteiger partial charge in [-0.3, -0.25) is 4.79 Å². The van der Waals surface area contributed by atoms with Crippen LogP contribution in [0.4, 0.5) is 4.39 Å². The van der Waals surface area contributed by atoms with Gasteiger partial charge in [-0.25, -0.2) is 4.39 Å². The van der Waals surface area contributed by atoms with Crippen molar-refractivity contribution in [3.8, 4) is 5.75 Å². The highest BCUT2D eigenvalue weighted by Gasteiger charge is 2.03. The van der Waals surface area contributed by atoms with E-state index in [9.17, 15) is 9.18 Å². The van der Waals surface area contributed by atoms with Crippen LogP contribution in [0.5, 0.6) is 5.75 Å². The van der Waals surface area contributed by atoms with Crippen LogP contribution in [0.3, 0.4) is 0 Å². The lowest BCUT2D eigenvalue weighted by atomic mass is 9.99. The van der Waals surface area contributed by atoms with E-state index in [1.807, 2.05) is 0 Å². The number of benzene rings is 1. The Morgan fingerprint density at radius 3 is 2.52 bits per heavy atom. The number of carboxylic acids is 1. The Morgan fingerprint density at radius 2 is 2.04 bits per heavy atom. The molecule has 0 amide bonds. The third-order valence-corrected chi connectivity index (χ3v) is 3.61. The molecule has 1 N–H and O–H groups in total. The van der Waals surface area contributed by atoms with Gasteiger partial charge in [0.25, 0.3) is 0 Å². The maximum atomic E-state index is 13.3. The highest BCUT2D eigenvalue weighted by atomic mass is 19.1. The average molecular weight is 375 g/mol. The smallest absolute Gasteiger partial charge is 0.303 e. The predicted octanol–water partition coefficient (Wildman–Crippen LogP) is 5.40. The number of halogens is 1. The zero-order valence-corrected chi connectivity index (χ0v) is 16.7. The molecule has 1 aliphatic carbocycles. The fourth-order valence-corrected chi connectivity index (χ4v) is 2.13. The Hall–Kier alpha value is -2.69. The van der Waals surface area contributed by atoms with Crippen molar-refractivity contribution in [2.24, 2.45) is 4.99 Å². The fourth-order valence-electron chi connectivity index (χ4n) is 2.13.